The molecule has 0 radical (unpaired) electrons. The summed E-state index contributed by atoms with van der Waals surface area (Å²) >= 11 is 0. The molecular formula is C12H18N2O2. The Hall–Kier alpha value is -0.900. The third-order valence-electron chi connectivity index (χ3n) is 4.21. The molecule has 0 aromatic heterocycles. The first kappa shape index (κ1) is 10.3. The first-order valence-corrected chi connectivity index (χ1v) is 6.35. The Labute approximate surface area is 95.4 Å². The van der Waals surface area contributed by atoms with Crippen LogP contribution in [0.25, 0.3) is 0 Å². The third-order valence-corrected chi connectivity index (χ3v) is 4.21. The quantitative estimate of drug-likeness (QED) is 0.648. The Balaban J connectivity index is 1.92. The lowest BCUT2D eigenvalue weighted by Crippen LogP contribution is -2.55. The molecule has 3 rings (SSSR count). The predicted molar refractivity (Wildman–Crippen MR) is 58.9 cm³/mol. The fraction of sp³-hybridized carbons (Fsp3) is 0.833. The van der Waals surface area contributed by atoms with Gasteiger partial charge < -0.3 is 10.2 Å². The van der Waals surface area contributed by atoms with Crippen LogP contribution in [0.3, 0.4) is 0 Å². The maximum atomic E-state index is 12.3. The Morgan fingerprint density at radius 3 is 2.81 bits per heavy atom. The molecule has 3 aliphatic heterocycles. The van der Waals surface area contributed by atoms with E-state index in [0.717, 1.165) is 38.6 Å². The highest BCUT2D eigenvalue weighted by Crippen LogP contribution is 2.34. The van der Waals surface area contributed by atoms with Crippen LogP contribution in [0.1, 0.15) is 38.5 Å². The summed E-state index contributed by atoms with van der Waals surface area (Å²) in [7, 11) is 0. The van der Waals surface area contributed by atoms with Gasteiger partial charge in [-0.15, -0.1) is 0 Å². The number of carbonyl (C=O) groups is 2. The van der Waals surface area contributed by atoms with E-state index in [1.165, 1.54) is 0 Å². The van der Waals surface area contributed by atoms with E-state index < -0.39 is 0 Å². The number of nitrogens with one attached hydrogen (secondary N) is 1. The molecule has 3 heterocycles. The largest absolute Gasteiger partial charge is 0.328 e. The number of piperidine rings is 1. The normalized spacial score (nSPS) is 39.2. The van der Waals surface area contributed by atoms with E-state index in [9.17, 15) is 9.59 Å². The van der Waals surface area contributed by atoms with Gasteiger partial charge in [0.25, 0.3) is 0 Å². The van der Waals surface area contributed by atoms with Crippen LogP contribution in [-0.4, -0.2) is 41.3 Å². The number of hydrogen-bond donors (Lipinski definition) is 1. The van der Waals surface area contributed by atoms with E-state index in [2.05, 4.69) is 5.32 Å². The van der Waals surface area contributed by atoms with Crippen molar-refractivity contribution in [2.45, 2.75) is 56.7 Å². The minimum absolute atomic E-state index is 0.0252. The molecule has 3 aliphatic rings. The summed E-state index contributed by atoms with van der Waals surface area (Å²) in [5.74, 6) is 0.453. The van der Waals surface area contributed by atoms with E-state index in [4.69, 9.17) is 0 Å². The molecule has 0 aliphatic carbocycles. The van der Waals surface area contributed by atoms with E-state index in [1.807, 2.05) is 4.90 Å². The van der Waals surface area contributed by atoms with Crippen molar-refractivity contribution < 1.29 is 9.59 Å². The van der Waals surface area contributed by atoms with Crippen LogP contribution < -0.4 is 5.32 Å². The van der Waals surface area contributed by atoms with Crippen LogP contribution in [0, 0.1) is 0 Å². The third kappa shape index (κ3) is 1.47. The molecule has 88 valence electrons. The van der Waals surface area contributed by atoms with Crippen LogP contribution in [0.15, 0.2) is 0 Å². The molecule has 0 aromatic carbocycles. The topological polar surface area (TPSA) is 49.4 Å². The van der Waals surface area contributed by atoms with Gasteiger partial charge in [-0.25, -0.2) is 0 Å². The summed E-state index contributed by atoms with van der Waals surface area (Å²) in [6.07, 6.45) is 5.42. The minimum Gasteiger partial charge on any atom is -0.328 e. The number of rotatable bonds is 0. The molecule has 1 N–H and O–H groups in total. The van der Waals surface area contributed by atoms with Gasteiger partial charge in [0, 0.05) is 12.5 Å². The van der Waals surface area contributed by atoms with Crippen molar-refractivity contribution in [2.24, 2.45) is 0 Å². The first-order valence-electron chi connectivity index (χ1n) is 6.35. The molecular weight excluding hydrogens is 204 g/mol. The van der Waals surface area contributed by atoms with Crippen molar-refractivity contribution in [3.05, 3.63) is 0 Å². The van der Waals surface area contributed by atoms with Crippen molar-refractivity contribution >= 4 is 11.7 Å². The van der Waals surface area contributed by atoms with Gasteiger partial charge in [-0.3, -0.25) is 9.59 Å². The van der Waals surface area contributed by atoms with Gasteiger partial charge in [-0.05, 0) is 38.6 Å². The van der Waals surface area contributed by atoms with Crippen molar-refractivity contribution in [3.8, 4) is 0 Å². The van der Waals surface area contributed by atoms with Gasteiger partial charge in [0.05, 0.1) is 12.1 Å². The standard InChI is InChI=1S/C12H18N2O2/c15-11-2-1-7-13-9-5-3-8-4-6-10(11)14(8)12(9)16/h8-10,13H,1-7H2/t8-,9+,10+/m1/s1. The number of hydrogen-bond acceptors (Lipinski definition) is 3. The van der Waals surface area contributed by atoms with E-state index in [-0.39, 0.29) is 23.8 Å². The highest BCUT2D eigenvalue weighted by Gasteiger charge is 2.45. The van der Waals surface area contributed by atoms with Crippen LogP contribution in [0.4, 0.5) is 0 Å². The molecule has 3 fully saturated rings. The zero-order valence-corrected chi connectivity index (χ0v) is 9.45. The molecule has 3 atom stereocenters. The van der Waals surface area contributed by atoms with Crippen LogP contribution >= 0.6 is 0 Å². The average molecular weight is 222 g/mol. The maximum Gasteiger partial charge on any atom is 0.240 e. The summed E-state index contributed by atoms with van der Waals surface area (Å²) in [5.41, 5.74) is 0. The number of fused-ring (bicyclic) bond motifs is 1. The van der Waals surface area contributed by atoms with Crippen molar-refractivity contribution in [1.29, 1.82) is 0 Å². The zero-order valence-electron chi connectivity index (χ0n) is 9.45. The molecule has 4 nitrogen and oxygen atoms in total. The second-order valence-electron chi connectivity index (χ2n) is 5.15. The van der Waals surface area contributed by atoms with Crippen molar-refractivity contribution in [3.63, 3.8) is 0 Å². The second kappa shape index (κ2) is 3.84. The smallest absolute Gasteiger partial charge is 0.240 e. The Bertz CT molecular complexity index is 329. The molecule has 2 bridgehead atoms. The number of Topliss-reactive ketones (excluding diaryl/α,β-unsaturated/α-hetero) is 1. The van der Waals surface area contributed by atoms with Gasteiger partial charge >= 0.3 is 0 Å². The highest BCUT2D eigenvalue weighted by atomic mass is 16.2. The molecule has 0 unspecified atom stereocenters. The van der Waals surface area contributed by atoms with Crippen LogP contribution in [0.5, 0.6) is 0 Å². The van der Waals surface area contributed by atoms with E-state index >= 15 is 0 Å². The Morgan fingerprint density at radius 1 is 1.12 bits per heavy atom. The van der Waals surface area contributed by atoms with Crippen LogP contribution in [-0.2, 0) is 9.59 Å². The van der Waals surface area contributed by atoms with Gasteiger partial charge in [0.15, 0.2) is 5.78 Å². The lowest BCUT2D eigenvalue weighted by atomic mass is 9.98. The summed E-state index contributed by atoms with van der Waals surface area (Å²) < 4.78 is 0. The molecule has 3 saturated heterocycles. The number of ketones is 1. The van der Waals surface area contributed by atoms with Gasteiger partial charge in [-0.1, -0.05) is 0 Å². The van der Waals surface area contributed by atoms with Crippen LogP contribution in [0.2, 0.25) is 0 Å². The summed E-state index contributed by atoms with van der Waals surface area (Å²) in [6.45, 7) is 0.799. The lowest BCUT2D eigenvalue weighted by Gasteiger charge is -2.37. The maximum absolute atomic E-state index is 12.3. The summed E-state index contributed by atoms with van der Waals surface area (Å²) in [6, 6.07) is 0.223. The van der Waals surface area contributed by atoms with Gasteiger partial charge in [0.1, 0.15) is 0 Å². The second-order valence-corrected chi connectivity index (χ2v) is 5.15. The molecule has 0 spiro atoms. The van der Waals surface area contributed by atoms with Crippen molar-refractivity contribution in [2.75, 3.05) is 6.54 Å². The van der Waals surface area contributed by atoms with Gasteiger partial charge in [-0.2, -0.15) is 0 Å². The monoisotopic (exact) mass is 222 g/mol. The fourth-order valence-corrected chi connectivity index (χ4v) is 3.37. The van der Waals surface area contributed by atoms with Crippen molar-refractivity contribution in [1.82, 2.24) is 10.2 Å². The SMILES string of the molecule is O=C1CCCN[C@H]2CC[C@@H]3CC[C@@H]1N3C2=O. The number of nitrogens with zero attached hydrogens (tertiary/aromatic N) is 1. The lowest BCUT2D eigenvalue weighted by molar-refractivity contribution is -0.143. The molecule has 4 heteroatoms. The predicted octanol–water partition coefficient (Wildman–Crippen LogP) is 0.461. The molecule has 0 saturated carbocycles. The van der Waals surface area contributed by atoms with Gasteiger partial charge in [0.2, 0.25) is 5.91 Å². The zero-order chi connectivity index (χ0) is 11.1. The molecule has 16 heavy (non-hydrogen) atoms. The summed E-state index contributed by atoms with van der Waals surface area (Å²) in [5, 5.41) is 3.29. The Kier molecular flexibility index (Phi) is 2.46. The van der Waals surface area contributed by atoms with E-state index in [1.54, 1.807) is 0 Å². The number of amides is 1. The summed E-state index contributed by atoms with van der Waals surface area (Å²) in [4.78, 5) is 26.1. The number of carbonyl (C=O) groups excluding carboxylic acids is 2. The fourth-order valence-electron chi connectivity index (χ4n) is 3.37. The average Bonchev–Trinajstić information content (AvgIpc) is 2.70. The minimum atomic E-state index is -0.0970. The van der Waals surface area contributed by atoms with E-state index in [0.29, 0.717) is 12.5 Å². The Morgan fingerprint density at radius 2 is 1.94 bits per heavy atom. The first-order chi connectivity index (χ1) is 7.77. The highest BCUT2D eigenvalue weighted by molar-refractivity contribution is 5.92. The molecule has 1 amide bonds. The molecule has 0 aromatic rings.